The van der Waals surface area contributed by atoms with Crippen LogP contribution in [-0.2, 0) is 13.2 Å². The second kappa shape index (κ2) is 6.80. The van der Waals surface area contributed by atoms with Gasteiger partial charge in [-0.05, 0) is 6.07 Å². The molecule has 0 saturated heterocycles. The van der Waals surface area contributed by atoms with Crippen LogP contribution in [0.5, 0.6) is 5.75 Å². The van der Waals surface area contributed by atoms with Gasteiger partial charge in [-0.25, -0.2) is 0 Å². The van der Waals surface area contributed by atoms with Crippen LogP contribution in [0.4, 0.5) is 5.69 Å². The Morgan fingerprint density at radius 2 is 2.29 bits per heavy atom. The maximum Gasteiger partial charge on any atom is 0.270 e. The number of nitrogens with one attached hydrogen (secondary N) is 1. The Kier molecular flexibility index (Phi) is 4.83. The molecule has 0 atom stereocenters. The first-order valence-corrected chi connectivity index (χ1v) is 6.45. The first kappa shape index (κ1) is 14.9. The fourth-order valence-electron chi connectivity index (χ4n) is 1.67. The average Bonchev–Trinajstić information content (AvgIpc) is 2.96. The lowest BCUT2D eigenvalue weighted by atomic mass is 10.1. The van der Waals surface area contributed by atoms with Crippen molar-refractivity contribution >= 4 is 5.69 Å². The standard InChI is InChI=1S/C13H16N4O4/c1-9(2)14-6-10-5-11(17(18)19)3-4-12(10)20-7-13-15-8-21-16-13/h3-5,8-9,14H,6-7H2,1-2H3. The van der Waals surface area contributed by atoms with Crippen molar-refractivity contribution in [1.29, 1.82) is 0 Å². The minimum Gasteiger partial charge on any atom is -0.485 e. The number of hydrogen-bond donors (Lipinski definition) is 1. The molecule has 0 bridgehead atoms. The van der Waals surface area contributed by atoms with Gasteiger partial charge >= 0.3 is 0 Å². The van der Waals surface area contributed by atoms with E-state index in [4.69, 9.17) is 4.74 Å². The smallest absolute Gasteiger partial charge is 0.270 e. The molecule has 8 nitrogen and oxygen atoms in total. The van der Waals surface area contributed by atoms with Crippen molar-refractivity contribution in [3.8, 4) is 5.75 Å². The van der Waals surface area contributed by atoms with Crippen molar-refractivity contribution < 1.29 is 14.2 Å². The number of nitrogens with zero attached hydrogens (tertiary/aromatic N) is 3. The highest BCUT2D eigenvalue weighted by atomic mass is 16.6. The van der Waals surface area contributed by atoms with E-state index in [0.29, 0.717) is 23.7 Å². The summed E-state index contributed by atoms with van der Waals surface area (Å²) in [5.74, 6) is 0.967. The summed E-state index contributed by atoms with van der Waals surface area (Å²) in [6.07, 6.45) is 1.22. The molecule has 0 spiro atoms. The molecule has 0 aliphatic carbocycles. The number of nitro groups is 1. The van der Waals surface area contributed by atoms with E-state index < -0.39 is 4.92 Å². The fourth-order valence-corrected chi connectivity index (χ4v) is 1.67. The summed E-state index contributed by atoms with van der Waals surface area (Å²) in [6, 6.07) is 4.75. The molecule has 1 heterocycles. The summed E-state index contributed by atoms with van der Waals surface area (Å²) < 4.78 is 10.2. The molecule has 1 N–H and O–H groups in total. The molecule has 0 aliphatic rings. The van der Waals surface area contributed by atoms with Gasteiger partial charge in [0, 0.05) is 30.3 Å². The van der Waals surface area contributed by atoms with Crippen LogP contribution in [0.15, 0.2) is 29.1 Å². The van der Waals surface area contributed by atoms with Crippen LogP contribution >= 0.6 is 0 Å². The number of non-ortho nitro benzene ring substituents is 1. The largest absolute Gasteiger partial charge is 0.485 e. The summed E-state index contributed by atoms with van der Waals surface area (Å²) in [4.78, 5) is 14.3. The highest BCUT2D eigenvalue weighted by Gasteiger charge is 2.13. The van der Waals surface area contributed by atoms with Crippen LogP contribution in [0, 0.1) is 10.1 Å². The van der Waals surface area contributed by atoms with E-state index in [-0.39, 0.29) is 18.3 Å². The van der Waals surface area contributed by atoms with Gasteiger partial charge in [0.2, 0.25) is 12.2 Å². The van der Waals surface area contributed by atoms with Crippen molar-refractivity contribution in [3.63, 3.8) is 0 Å². The highest BCUT2D eigenvalue weighted by Crippen LogP contribution is 2.25. The predicted molar refractivity (Wildman–Crippen MR) is 73.7 cm³/mol. The number of aromatic nitrogens is 2. The minimum absolute atomic E-state index is 0.0301. The molecule has 1 aromatic heterocycles. The van der Waals surface area contributed by atoms with Gasteiger partial charge in [0.1, 0.15) is 5.75 Å². The molecular weight excluding hydrogens is 276 g/mol. The van der Waals surface area contributed by atoms with E-state index in [0.717, 1.165) is 0 Å². The lowest BCUT2D eigenvalue weighted by molar-refractivity contribution is -0.384. The Morgan fingerprint density at radius 1 is 1.48 bits per heavy atom. The van der Waals surface area contributed by atoms with Crippen molar-refractivity contribution in [3.05, 3.63) is 46.1 Å². The number of nitro benzene ring substituents is 1. The molecule has 0 fully saturated rings. The molecule has 1 aromatic carbocycles. The molecule has 0 unspecified atom stereocenters. The Bertz CT molecular complexity index is 598. The first-order valence-electron chi connectivity index (χ1n) is 6.45. The maximum absolute atomic E-state index is 10.9. The Labute approximate surface area is 121 Å². The quantitative estimate of drug-likeness (QED) is 0.615. The Balaban J connectivity index is 2.15. The Morgan fingerprint density at radius 3 is 2.90 bits per heavy atom. The maximum atomic E-state index is 10.9. The molecule has 0 amide bonds. The van der Waals surface area contributed by atoms with Gasteiger partial charge in [0.15, 0.2) is 6.61 Å². The van der Waals surface area contributed by atoms with Gasteiger partial charge < -0.3 is 14.6 Å². The fraction of sp³-hybridized carbons (Fsp3) is 0.385. The predicted octanol–water partition coefficient (Wildman–Crippen LogP) is 2.05. The molecular formula is C13H16N4O4. The van der Waals surface area contributed by atoms with Gasteiger partial charge in [0.05, 0.1) is 4.92 Å². The molecule has 21 heavy (non-hydrogen) atoms. The van der Waals surface area contributed by atoms with Crippen molar-refractivity contribution in [1.82, 2.24) is 15.5 Å². The zero-order chi connectivity index (χ0) is 15.2. The van der Waals surface area contributed by atoms with E-state index in [1.165, 1.54) is 18.5 Å². The summed E-state index contributed by atoms with van der Waals surface area (Å²) >= 11 is 0. The van der Waals surface area contributed by atoms with Crippen molar-refractivity contribution in [2.75, 3.05) is 0 Å². The van der Waals surface area contributed by atoms with Crippen molar-refractivity contribution in [2.45, 2.75) is 33.0 Å². The molecule has 2 rings (SSSR count). The summed E-state index contributed by atoms with van der Waals surface area (Å²) in [7, 11) is 0. The first-order chi connectivity index (χ1) is 10.1. The van der Waals surface area contributed by atoms with Gasteiger partial charge in [-0.3, -0.25) is 10.1 Å². The lowest BCUT2D eigenvalue weighted by Crippen LogP contribution is -2.22. The molecule has 0 radical (unpaired) electrons. The van der Waals surface area contributed by atoms with Gasteiger partial charge in [0.25, 0.3) is 5.69 Å². The third-order valence-electron chi connectivity index (χ3n) is 2.72. The summed E-state index contributed by atoms with van der Waals surface area (Å²) in [5.41, 5.74) is 0.740. The van der Waals surface area contributed by atoms with Crippen LogP contribution in [0.25, 0.3) is 0 Å². The molecule has 8 heteroatoms. The number of ether oxygens (including phenoxy) is 1. The van der Waals surface area contributed by atoms with Crippen LogP contribution in [-0.4, -0.2) is 21.1 Å². The van der Waals surface area contributed by atoms with Gasteiger partial charge in [-0.15, -0.1) is 0 Å². The van der Waals surface area contributed by atoms with Crippen molar-refractivity contribution in [2.24, 2.45) is 0 Å². The summed E-state index contributed by atoms with van der Waals surface area (Å²) in [6.45, 7) is 4.61. The number of hydrogen-bond acceptors (Lipinski definition) is 7. The van der Waals surface area contributed by atoms with Gasteiger partial charge in [-0.1, -0.05) is 19.0 Å². The Hall–Kier alpha value is -2.48. The minimum atomic E-state index is -0.429. The summed E-state index contributed by atoms with van der Waals surface area (Å²) in [5, 5.41) is 17.7. The third-order valence-corrected chi connectivity index (χ3v) is 2.72. The zero-order valence-electron chi connectivity index (χ0n) is 11.8. The molecule has 0 aliphatic heterocycles. The lowest BCUT2D eigenvalue weighted by Gasteiger charge is -2.12. The second-order valence-corrected chi connectivity index (χ2v) is 4.72. The second-order valence-electron chi connectivity index (χ2n) is 4.72. The SMILES string of the molecule is CC(C)NCc1cc([N+](=O)[O-])ccc1OCc1ncon1. The van der Waals surface area contributed by atoms with E-state index in [1.54, 1.807) is 6.07 Å². The van der Waals surface area contributed by atoms with E-state index in [2.05, 4.69) is 20.0 Å². The normalized spacial score (nSPS) is 10.8. The third kappa shape index (κ3) is 4.25. The van der Waals surface area contributed by atoms with Crippen LogP contribution in [0.3, 0.4) is 0 Å². The van der Waals surface area contributed by atoms with E-state index in [1.807, 2.05) is 13.8 Å². The molecule has 112 valence electrons. The van der Waals surface area contributed by atoms with E-state index in [9.17, 15) is 10.1 Å². The molecule has 2 aromatic rings. The number of rotatable bonds is 7. The van der Waals surface area contributed by atoms with Crippen LogP contribution < -0.4 is 10.1 Å². The average molecular weight is 292 g/mol. The van der Waals surface area contributed by atoms with E-state index >= 15 is 0 Å². The van der Waals surface area contributed by atoms with Crippen LogP contribution in [0.2, 0.25) is 0 Å². The van der Waals surface area contributed by atoms with Crippen LogP contribution in [0.1, 0.15) is 25.2 Å². The number of benzene rings is 1. The monoisotopic (exact) mass is 292 g/mol. The van der Waals surface area contributed by atoms with Gasteiger partial charge in [-0.2, -0.15) is 4.98 Å². The topological polar surface area (TPSA) is 103 Å². The molecule has 0 saturated carbocycles. The zero-order valence-corrected chi connectivity index (χ0v) is 11.8. The highest BCUT2D eigenvalue weighted by molar-refractivity contribution is 5.43.